The van der Waals surface area contributed by atoms with E-state index in [0.717, 1.165) is 21.5 Å². The molecule has 0 heterocycles. The summed E-state index contributed by atoms with van der Waals surface area (Å²) in [5, 5.41) is 5.45. The number of methoxy groups -OCH3 is 1. The molecule has 6 heteroatoms. The first-order valence-corrected chi connectivity index (χ1v) is 8.51. The van der Waals surface area contributed by atoms with Gasteiger partial charge in [-0.15, -0.1) is 0 Å². The number of ether oxygens (including phenoxy) is 1. The number of anilines is 1. The quantitative estimate of drug-likeness (QED) is 0.694. The van der Waals surface area contributed by atoms with Gasteiger partial charge in [0, 0.05) is 29.2 Å². The van der Waals surface area contributed by atoms with Crippen LogP contribution in [-0.4, -0.2) is 25.5 Å². The fraction of sp³-hybridized carbons (Fsp3) is 0.158. The molecule has 0 fully saturated rings. The molecule has 2 amide bonds. The second-order valence-corrected chi connectivity index (χ2v) is 6.12. The number of amides is 2. The molecule has 2 N–H and O–H groups in total. The van der Waals surface area contributed by atoms with E-state index < -0.39 is 0 Å². The first-order valence-electron chi connectivity index (χ1n) is 7.72. The molecule has 2 aromatic carbocycles. The number of hydrogen-bond acceptors (Lipinski definition) is 3. The monoisotopic (exact) mass is 402 g/mol. The van der Waals surface area contributed by atoms with Crippen LogP contribution in [0.4, 0.5) is 5.69 Å². The molecule has 0 saturated carbocycles. The maximum absolute atomic E-state index is 11.8. The minimum atomic E-state index is -0.251. The normalized spacial score (nSPS) is 10.5. The molecule has 0 atom stereocenters. The number of carbonyl (C=O) groups excluding carboxylic acids is 2. The summed E-state index contributed by atoms with van der Waals surface area (Å²) in [5.74, 6) is 0.325. The summed E-state index contributed by atoms with van der Waals surface area (Å²) in [4.78, 5) is 23.6. The van der Waals surface area contributed by atoms with Gasteiger partial charge in [-0.2, -0.15) is 0 Å². The Morgan fingerprint density at radius 2 is 1.92 bits per heavy atom. The highest BCUT2D eigenvalue weighted by molar-refractivity contribution is 9.10. The van der Waals surface area contributed by atoms with Crippen LogP contribution in [0.1, 0.15) is 12.0 Å². The minimum absolute atomic E-state index is 0.153. The van der Waals surface area contributed by atoms with Gasteiger partial charge in [0.05, 0.1) is 7.11 Å². The smallest absolute Gasteiger partial charge is 0.244 e. The zero-order valence-electron chi connectivity index (χ0n) is 13.8. The van der Waals surface area contributed by atoms with E-state index in [-0.39, 0.29) is 24.8 Å². The standard InChI is InChI=1S/C19H19BrN2O3/c1-25-17-4-2-3-14(13-17)5-10-18(23)21-12-11-19(24)22-16-8-6-15(20)7-9-16/h2-10,13H,11-12H2,1H3,(H,21,23)(H,22,24). The molecule has 5 nitrogen and oxygen atoms in total. The Balaban J connectivity index is 1.73. The van der Waals surface area contributed by atoms with Crippen molar-refractivity contribution in [1.29, 1.82) is 0 Å². The summed E-state index contributed by atoms with van der Waals surface area (Å²) in [7, 11) is 1.59. The Morgan fingerprint density at radius 1 is 1.16 bits per heavy atom. The van der Waals surface area contributed by atoms with E-state index in [2.05, 4.69) is 26.6 Å². The molecular weight excluding hydrogens is 384 g/mol. The third kappa shape index (κ3) is 6.81. The van der Waals surface area contributed by atoms with E-state index in [1.54, 1.807) is 25.3 Å². The highest BCUT2D eigenvalue weighted by Crippen LogP contribution is 2.14. The predicted molar refractivity (Wildman–Crippen MR) is 102 cm³/mol. The molecular formula is C19H19BrN2O3. The third-order valence-electron chi connectivity index (χ3n) is 3.30. The first kappa shape index (κ1) is 18.7. The molecule has 2 aromatic rings. The van der Waals surface area contributed by atoms with Crippen molar-refractivity contribution in [3.8, 4) is 5.75 Å². The van der Waals surface area contributed by atoms with Gasteiger partial charge < -0.3 is 15.4 Å². The summed E-state index contributed by atoms with van der Waals surface area (Å²) in [6, 6.07) is 14.7. The van der Waals surface area contributed by atoms with Crippen LogP contribution in [0.3, 0.4) is 0 Å². The van der Waals surface area contributed by atoms with Crippen LogP contribution < -0.4 is 15.4 Å². The van der Waals surface area contributed by atoms with Crippen LogP contribution in [0.15, 0.2) is 59.1 Å². The van der Waals surface area contributed by atoms with Gasteiger partial charge in [0.1, 0.15) is 5.75 Å². The minimum Gasteiger partial charge on any atom is -0.497 e. The summed E-state index contributed by atoms with van der Waals surface area (Å²) in [5.41, 5.74) is 1.58. The molecule has 0 bridgehead atoms. The lowest BCUT2D eigenvalue weighted by atomic mass is 10.2. The van der Waals surface area contributed by atoms with E-state index in [0.29, 0.717) is 0 Å². The number of nitrogens with one attached hydrogen (secondary N) is 2. The van der Waals surface area contributed by atoms with Crippen LogP contribution in [0.5, 0.6) is 5.75 Å². The van der Waals surface area contributed by atoms with Crippen LogP contribution >= 0.6 is 15.9 Å². The molecule has 0 aliphatic heterocycles. The third-order valence-corrected chi connectivity index (χ3v) is 3.83. The summed E-state index contributed by atoms with van der Waals surface area (Å²) >= 11 is 3.34. The lowest BCUT2D eigenvalue weighted by molar-refractivity contribution is -0.117. The molecule has 0 unspecified atom stereocenters. The maximum Gasteiger partial charge on any atom is 0.244 e. The van der Waals surface area contributed by atoms with Crippen molar-refractivity contribution in [3.63, 3.8) is 0 Å². The Morgan fingerprint density at radius 3 is 2.64 bits per heavy atom. The van der Waals surface area contributed by atoms with Gasteiger partial charge in [-0.1, -0.05) is 28.1 Å². The highest BCUT2D eigenvalue weighted by atomic mass is 79.9. The van der Waals surface area contributed by atoms with Gasteiger partial charge in [0.2, 0.25) is 11.8 Å². The topological polar surface area (TPSA) is 67.4 Å². The van der Waals surface area contributed by atoms with Crippen LogP contribution in [0.2, 0.25) is 0 Å². The van der Waals surface area contributed by atoms with E-state index in [9.17, 15) is 9.59 Å². The average molecular weight is 403 g/mol. The first-order chi connectivity index (χ1) is 12.1. The molecule has 0 aliphatic rings. The molecule has 0 radical (unpaired) electrons. The second kappa shape index (κ2) is 9.64. The zero-order chi connectivity index (χ0) is 18.1. The second-order valence-electron chi connectivity index (χ2n) is 5.21. The Bertz CT molecular complexity index is 758. The fourth-order valence-corrected chi connectivity index (χ4v) is 2.30. The summed E-state index contributed by atoms with van der Waals surface area (Å²) in [6.45, 7) is 0.268. The number of benzene rings is 2. The van der Waals surface area contributed by atoms with E-state index in [1.165, 1.54) is 6.08 Å². The zero-order valence-corrected chi connectivity index (χ0v) is 15.4. The largest absolute Gasteiger partial charge is 0.497 e. The molecule has 2 rings (SSSR count). The van der Waals surface area contributed by atoms with Crippen molar-refractivity contribution in [2.24, 2.45) is 0 Å². The SMILES string of the molecule is COc1cccc(C=CC(=O)NCCC(=O)Nc2ccc(Br)cc2)c1. The van der Waals surface area contributed by atoms with Gasteiger partial charge in [0.25, 0.3) is 0 Å². The Kier molecular flexibility index (Phi) is 7.22. The number of carbonyl (C=O) groups is 2. The summed E-state index contributed by atoms with van der Waals surface area (Å²) < 4.78 is 6.07. The van der Waals surface area contributed by atoms with Crippen LogP contribution in [0.25, 0.3) is 6.08 Å². The molecule has 0 aliphatic carbocycles. The van der Waals surface area contributed by atoms with Crippen molar-refractivity contribution in [3.05, 3.63) is 64.6 Å². The van der Waals surface area contributed by atoms with E-state index >= 15 is 0 Å². The summed E-state index contributed by atoms with van der Waals surface area (Å²) in [6.07, 6.45) is 3.33. The lowest BCUT2D eigenvalue weighted by Crippen LogP contribution is -2.26. The maximum atomic E-state index is 11.8. The van der Waals surface area contributed by atoms with Gasteiger partial charge in [-0.05, 0) is 48.0 Å². The Hall–Kier alpha value is -2.60. The molecule has 25 heavy (non-hydrogen) atoms. The van der Waals surface area contributed by atoms with Crippen molar-refractivity contribution in [2.75, 3.05) is 19.0 Å². The number of hydrogen-bond donors (Lipinski definition) is 2. The van der Waals surface area contributed by atoms with E-state index in [4.69, 9.17) is 4.74 Å². The van der Waals surface area contributed by atoms with Gasteiger partial charge in [-0.25, -0.2) is 0 Å². The van der Waals surface area contributed by atoms with Crippen LogP contribution in [0, 0.1) is 0 Å². The molecule has 0 saturated heterocycles. The van der Waals surface area contributed by atoms with Gasteiger partial charge in [0.15, 0.2) is 0 Å². The highest BCUT2D eigenvalue weighted by Gasteiger charge is 2.03. The molecule has 0 aromatic heterocycles. The Labute approximate surface area is 155 Å². The van der Waals surface area contributed by atoms with Gasteiger partial charge >= 0.3 is 0 Å². The van der Waals surface area contributed by atoms with Crippen molar-refractivity contribution in [1.82, 2.24) is 5.32 Å². The van der Waals surface area contributed by atoms with Crippen molar-refractivity contribution in [2.45, 2.75) is 6.42 Å². The van der Waals surface area contributed by atoms with Crippen molar-refractivity contribution < 1.29 is 14.3 Å². The van der Waals surface area contributed by atoms with E-state index in [1.807, 2.05) is 36.4 Å². The van der Waals surface area contributed by atoms with Crippen LogP contribution in [-0.2, 0) is 9.59 Å². The number of halogens is 1. The predicted octanol–water partition coefficient (Wildman–Crippen LogP) is 3.62. The molecule has 130 valence electrons. The molecule has 0 spiro atoms. The lowest BCUT2D eigenvalue weighted by Gasteiger charge is -2.06. The van der Waals surface area contributed by atoms with Crippen molar-refractivity contribution >= 4 is 39.5 Å². The average Bonchev–Trinajstić information content (AvgIpc) is 2.62. The van der Waals surface area contributed by atoms with Gasteiger partial charge in [-0.3, -0.25) is 9.59 Å². The fourth-order valence-electron chi connectivity index (χ4n) is 2.03. The number of rotatable bonds is 7.